The lowest BCUT2D eigenvalue weighted by molar-refractivity contribution is -0.172. The Balaban J connectivity index is 2.07. The molecule has 1 amide bonds. The minimum absolute atomic E-state index is 0.149. The molecule has 0 aliphatic carbocycles. The predicted octanol–water partition coefficient (Wildman–Crippen LogP) is 2.90. The van der Waals surface area contributed by atoms with Gasteiger partial charge in [0.1, 0.15) is 12.1 Å². The van der Waals surface area contributed by atoms with E-state index in [1.165, 1.54) is 4.90 Å². The van der Waals surface area contributed by atoms with E-state index in [0.29, 0.717) is 13.0 Å². The van der Waals surface area contributed by atoms with Crippen molar-refractivity contribution in [1.82, 2.24) is 4.90 Å². The summed E-state index contributed by atoms with van der Waals surface area (Å²) in [4.78, 5) is 25.2. The maximum absolute atomic E-state index is 12.2. The fraction of sp³-hybridized carbons (Fsp3) is 0.500. The quantitative estimate of drug-likeness (QED) is 0.930. The maximum atomic E-state index is 12.2. The Morgan fingerprint density at radius 3 is 2.33 bits per heavy atom. The zero-order chi connectivity index (χ0) is 15.7. The molecule has 0 spiro atoms. The van der Waals surface area contributed by atoms with Gasteiger partial charge in [-0.3, -0.25) is 4.90 Å². The highest BCUT2D eigenvalue weighted by Gasteiger charge is 2.61. The van der Waals surface area contributed by atoms with E-state index in [2.05, 4.69) is 0 Å². The summed E-state index contributed by atoms with van der Waals surface area (Å²) in [6.07, 6.45) is -0.117. The summed E-state index contributed by atoms with van der Waals surface area (Å²) < 4.78 is 5.26. The third-order valence-corrected chi connectivity index (χ3v) is 4.18. The number of benzene rings is 1. The molecule has 0 aromatic heterocycles. The third-order valence-electron chi connectivity index (χ3n) is 4.18. The number of carboxylic acids is 1. The predicted molar refractivity (Wildman–Crippen MR) is 77.8 cm³/mol. The number of carboxylic acid groups (broad SMARTS) is 1. The molecule has 0 radical (unpaired) electrons. The van der Waals surface area contributed by atoms with E-state index in [9.17, 15) is 14.7 Å². The van der Waals surface area contributed by atoms with Crippen LogP contribution in [0.5, 0.6) is 0 Å². The van der Waals surface area contributed by atoms with Gasteiger partial charge in [0.15, 0.2) is 0 Å². The zero-order valence-corrected chi connectivity index (χ0v) is 12.6. The van der Waals surface area contributed by atoms with Gasteiger partial charge in [-0.25, -0.2) is 9.59 Å². The molecule has 21 heavy (non-hydrogen) atoms. The normalized spacial score (nSPS) is 21.6. The summed E-state index contributed by atoms with van der Waals surface area (Å²) in [6, 6.07) is 9.33. The van der Waals surface area contributed by atoms with Crippen molar-refractivity contribution in [2.24, 2.45) is 5.41 Å². The van der Waals surface area contributed by atoms with Crippen LogP contribution in [-0.2, 0) is 16.1 Å². The molecule has 1 heterocycles. The van der Waals surface area contributed by atoms with Crippen LogP contribution in [0.15, 0.2) is 30.3 Å². The smallest absolute Gasteiger partial charge is 0.411 e. The van der Waals surface area contributed by atoms with Crippen LogP contribution in [0.2, 0.25) is 0 Å². The lowest BCUT2D eigenvalue weighted by atomic mass is 9.66. The minimum atomic E-state index is -1.18. The Labute approximate surface area is 124 Å². The molecule has 5 heteroatoms. The number of aliphatic carboxylic acids is 1. The SMILES string of the molecule is CC(C)(C)[C@]1(C(=O)O)CCN1C(=O)OCc1ccccc1. The molecule has 1 fully saturated rings. The number of amides is 1. The fourth-order valence-corrected chi connectivity index (χ4v) is 2.81. The van der Waals surface area contributed by atoms with E-state index in [4.69, 9.17) is 4.74 Å². The lowest BCUT2D eigenvalue weighted by Crippen LogP contribution is -2.72. The molecule has 5 nitrogen and oxygen atoms in total. The summed E-state index contributed by atoms with van der Waals surface area (Å²) in [5.74, 6) is -0.974. The first-order valence-electron chi connectivity index (χ1n) is 7.01. The second-order valence-corrected chi connectivity index (χ2v) is 6.36. The Bertz CT molecular complexity index is 535. The molecule has 0 bridgehead atoms. The number of rotatable bonds is 3. The molecule has 0 saturated carbocycles. The van der Waals surface area contributed by atoms with Crippen LogP contribution in [0.3, 0.4) is 0 Å². The first-order valence-corrected chi connectivity index (χ1v) is 7.01. The van der Waals surface area contributed by atoms with Crippen molar-refractivity contribution in [3.63, 3.8) is 0 Å². The Hall–Kier alpha value is -2.04. The average molecular weight is 291 g/mol. The number of carbonyl (C=O) groups excluding carboxylic acids is 1. The fourth-order valence-electron chi connectivity index (χ4n) is 2.81. The second-order valence-electron chi connectivity index (χ2n) is 6.36. The Morgan fingerprint density at radius 2 is 1.90 bits per heavy atom. The van der Waals surface area contributed by atoms with Crippen molar-refractivity contribution in [2.45, 2.75) is 39.3 Å². The van der Waals surface area contributed by atoms with Crippen LogP contribution in [0.1, 0.15) is 32.8 Å². The van der Waals surface area contributed by atoms with E-state index in [1.54, 1.807) is 0 Å². The highest BCUT2D eigenvalue weighted by molar-refractivity contribution is 5.87. The summed E-state index contributed by atoms with van der Waals surface area (Å²) in [6.45, 7) is 6.06. The molecule has 1 atom stereocenters. The molecule has 1 aromatic rings. The lowest BCUT2D eigenvalue weighted by Gasteiger charge is -2.55. The number of likely N-dealkylation sites (tertiary alicyclic amines) is 1. The van der Waals surface area contributed by atoms with E-state index >= 15 is 0 Å². The van der Waals surface area contributed by atoms with Gasteiger partial charge in [-0.2, -0.15) is 0 Å². The van der Waals surface area contributed by atoms with Gasteiger partial charge in [-0.1, -0.05) is 51.1 Å². The average Bonchev–Trinajstić information content (AvgIpc) is 2.34. The van der Waals surface area contributed by atoms with Gasteiger partial charge < -0.3 is 9.84 Å². The summed E-state index contributed by atoms with van der Waals surface area (Å²) >= 11 is 0. The van der Waals surface area contributed by atoms with Gasteiger partial charge >= 0.3 is 12.1 Å². The van der Waals surface area contributed by atoms with Crippen molar-refractivity contribution < 1.29 is 19.4 Å². The molecule has 1 N–H and O–H groups in total. The monoisotopic (exact) mass is 291 g/mol. The number of carbonyl (C=O) groups is 2. The van der Waals surface area contributed by atoms with Crippen LogP contribution >= 0.6 is 0 Å². The van der Waals surface area contributed by atoms with Crippen molar-refractivity contribution in [3.8, 4) is 0 Å². The van der Waals surface area contributed by atoms with Crippen molar-refractivity contribution >= 4 is 12.1 Å². The number of nitrogens with zero attached hydrogens (tertiary/aromatic N) is 1. The van der Waals surface area contributed by atoms with Crippen molar-refractivity contribution in [1.29, 1.82) is 0 Å². The summed E-state index contributed by atoms with van der Waals surface area (Å²) in [7, 11) is 0. The van der Waals surface area contributed by atoms with Crippen molar-refractivity contribution in [2.75, 3.05) is 6.54 Å². The number of ether oxygens (including phenoxy) is 1. The molecule has 114 valence electrons. The van der Waals surface area contributed by atoms with Gasteiger partial charge in [-0.05, 0) is 17.4 Å². The van der Waals surface area contributed by atoms with Gasteiger partial charge in [-0.15, -0.1) is 0 Å². The van der Waals surface area contributed by atoms with Crippen LogP contribution in [0.25, 0.3) is 0 Å². The molecule has 1 aliphatic rings. The minimum Gasteiger partial charge on any atom is -0.479 e. The van der Waals surface area contributed by atoms with Crippen molar-refractivity contribution in [3.05, 3.63) is 35.9 Å². The highest BCUT2D eigenvalue weighted by Crippen LogP contribution is 2.45. The van der Waals surface area contributed by atoms with Gasteiger partial charge in [0.2, 0.25) is 0 Å². The standard InChI is InChI=1S/C16H21NO4/c1-15(2,3)16(13(18)19)9-10-17(16)14(20)21-11-12-7-5-4-6-8-12/h4-8H,9-11H2,1-3H3,(H,18,19)/t16-/m1/s1. The molecular weight excluding hydrogens is 270 g/mol. The maximum Gasteiger partial charge on any atom is 0.411 e. The largest absolute Gasteiger partial charge is 0.479 e. The summed E-state index contributed by atoms with van der Waals surface area (Å²) in [5, 5.41) is 9.57. The second kappa shape index (κ2) is 5.39. The highest BCUT2D eigenvalue weighted by atomic mass is 16.6. The topological polar surface area (TPSA) is 66.8 Å². The number of hydrogen-bond donors (Lipinski definition) is 1. The van der Waals surface area contributed by atoms with E-state index < -0.39 is 23.0 Å². The first kappa shape index (κ1) is 15.4. The van der Waals surface area contributed by atoms with Gasteiger partial charge in [0.25, 0.3) is 0 Å². The first-order chi connectivity index (χ1) is 9.79. The molecule has 1 saturated heterocycles. The van der Waals surface area contributed by atoms with E-state index in [1.807, 2.05) is 51.1 Å². The summed E-state index contributed by atoms with van der Waals surface area (Å²) in [5.41, 5.74) is -0.855. The molecule has 0 unspecified atom stereocenters. The Kier molecular flexibility index (Phi) is 3.94. The Morgan fingerprint density at radius 1 is 1.29 bits per heavy atom. The molecular formula is C16H21NO4. The van der Waals surface area contributed by atoms with Crippen LogP contribution in [-0.4, -0.2) is 34.2 Å². The third kappa shape index (κ3) is 2.60. The van der Waals surface area contributed by atoms with Crippen LogP contribution in [0, 0.1) is 5.41 Å². The van der Waals surface area contributed by atoms with E-state index in [0.717, 1.165) is 5.56 Å². The van der Waals surface area contributed by atoms with Crippen LogP contribution in [0.4, 0.5) is 4.79 Å². The molecule has 2 rings (SSSR count). The molecule has 1 aromatic carbocycles. The van der Waals surface area contributed by atoms with E-state index in [-0.39, 0.29) is 6.61 Å². The van der Waals surface area contributed by atoms with Gasteiger partial charge in [0, 0.05) is 6.54 Å². The number of hydrogen-bond acceptors (Lipinski definition) is 3. The van der Waals surface area contributed by atoms with Crippen LogP contribution < -0.4 is 0 Å². The van der Waals surface area contributed by atoms with Gasteiger partial charge in [0.05, 0.1) is 0 Å². The molecule has 1 aliphatic heterocycles. The zero-order valence-electron chi connectivity index (χ0n) is 12.6.